The minimum atomic E-state index is -4.59. The predicted molar refractivity (Wildman–Crippen MR) is 108 cm³/mol. The molecule has 1 amide bonds. The third-order valence-corrected chi connectivity index (χ3v) is 5.73. The first kappa shape index (κ1) is 23.0. The van der Waals surface area contributed by atoms with Crippen molar-refractivity contribution < 1.29 is 26.4 Å². The Bertz CT molecular complexity index is 1020. The molecule has 0 aliphatic rings. The largest absolute Gasteiger partial charge is 0.416 e. The van der Waals surface area contributed by atoms with E-state index in [9.17, 15) is 26.4 Å². The molecule has 10 heteroatoms. The highest BCUT2D eigenvalue weighted by Crippen LogP contribution is 2.36. The minimum absolute atomic E-state index is 0.0220. The SMILES string of the molecule is CCN(CC)c1ccc(C(F)(F)F)cc1NC(=O)c1cc(S(C)(=O)=O)ccc1Cl. The average molecular weight is 449 g/mol. The smallest absolute Gasteiger partial charge is 0.370 e. The highest BCUT2D eigenvalue weighted by molar-refractivity contribution is 7.90. The molecule has 0 aromatic heterocycles. The first-order valence-corrected chi connectivity index (χ1v) is 10.9. The lowest BCUT2D eigenvalue weighted by Crippen LogP contribution is -2.24. The van der Waals surface area contributed by atoms with Gasteiger partial charge in [0.05, 0.1) is 32.4 Å². The number of rotatable bonds is 6. The summed E-state index contributed by atoms with van der Waals surface area (Å²) in [5.74, 6) is -0.812. The second kappa shape index (κ2) is 8.62. The molecule has 2 aromatic rings. The van der Waals surface area contributed by atoms with Crippen molar-refractivity contribution in [2.75, 3.05) is 29.6 Å². The number of alkyl halides is 3. The van der Waals surface area contributed by atoms with Crippen LogP contribution in [0.25, 0.3) is 0 Å². The van der Waals surface area contributed by atoms with Crippen LogP contribution in [0.3, 0.4) is 0 Å². The molecule has 1 N–H and O–H groups in total. The highest BCUT2D eigenvalue weighted by atomic mass is 35.5. The van der Waals surface area contributed by atoms with Crippen LogP contribution in [0.2, 0.25) is 5.02 Å². The summed E-state index contributed by atoms with van der Waals surface area (Å²) in [5, 5.41) is 2.43. The van der Waals surface area contributed by atoms with Crippen molar-refractivity contribution in [1.82, 2.24) is 0 Å². The summed E-state index contributed by atoms with van der Waals surface area (Å²) in [7, 11) is -3.60. The maximum absolute atomic E-state index is 13.2. The van der Waals surface area contributed by atoms with Crippen LogP contribution in [0.15, 0.2) is 41.3 Å². The third kappa shape index (κ3) is 5.42. The van der Waals surface area contributed by atoms with Crippen molar-refractivity contribution in [2.45, 2.75) is 24.9 Å². The normalized spacial score (nSPS) is 12.0. The Morgan fingerprint density at radius 3 is 2.24 bits per heavy atom. The maximum atomic E-state index is 13.2. The number of hydrogen-bond acceptors (Lipinski definition) is 4. The summed E-state index contributed by atoms with van der Waals surface area (Å²) < 4.78 is 63.0. The molecule has 29 heavy (non-hydrogen) atoms. The maximum Gasteiger partial charge on any atom is 0.416 e. The second-order valence-corrected chi connectivity index (χ2v) is 8.69. The number of benzene rings is 2. The predicted octanol–water partition coefficient (Wildman–Crippen LogP) is 4.86. The van der Waals surface area contributed by atoms with Crippen LogP contribution in [0.1, 0.15) is 29.8 Å². The zero-order valence-electron chi connectivity index (χ0n) is 16.0. The van der Waals surface area contributed by atoms with Crippen molar-refractivity contribution in [1.29, 1.82) is 0 Å². The van der Waals surface area contributed by atoms with Crippen LogP contribution in [-0.4, -0.2) is 33.7 Å². The van der Waals surface area contributed by atoms with E-state index < -0.39 is 27.5 Å². The summed E-state index contributed by atoms with van der Waals surface area (Å²) in [4.78, 5) is 14.4. The first-order chi connectivity index (χ1) is 13.4. The number of halogens is 4. The average Bonchev–Trinajstić information content (AvgIpc) is 2.62. The number of sulfone groups is 1. The quantitative estimate of drug-likeness (QED) is 0.685. The Kier molecular flexibility index (Phi) is 6.85. The number of carbonyl (C=O) groups excluding carboxylic acids is 1. The van der Waals surface area contributed by atoms with Gasteiger partial charge in [0, 0.05) is 19.3 Å². The lowest BCUT2D eigenvalue weighted by atomic mass is 10.1. The molecule has 2 rings (SSSR count). The van der Waals surface area contributed by atoms with Crippen LogP contribution in [-0.2, 0) is 16.0 Å². The van der Waals surface area contributed by atoms with E-state index in [1.807, 2.05) is 13.8 Å². The molecule has 158 valence electrons. The molecule has 0 bridgehead atoms. The van der Waals surface area contributed by atoms with Crippen LogP contribution in [0.5, 0.6) is 0 Å². The minimum Gasteiger partial charge on any atom is -0.370 e. The van der Waals surface area contributed by atoms with Crippen molar-refractivity contribution >= 4 is 38.7 Å². The molecule has 2 aromatic carbocycles. The van der Waals surface area contributed by atoms with Gasteiger partial charge in [0.25, 0.3) is 5.91 Å². The Labute approximate surface area is 172 Å². The fraction of sp³-hybridized carbons (Fsp3) is 0.316. The van der Waals surface area contributed by atoms with E-state index in [-0.39, 0.29) is 21.2 Å². The fourth-order valence-corrected chi connectivity index (χ4v) is 3.60. The molecular formula is C19H20ClF3N2O3S. The molecule has 0 radical (unpaired) electrons. The fourth-order valence-electron chi connectivity index (χ4n) is 2.75. The first-order valence-electron chi connectivity index (χ1n) is 8.65. The van der Waals surface area contributed by atoms with E-state index in [2.05, 4.69) is 5.32 Å². The van der Waals surface area contributed by atoms with Crippen molar-refractivity contribution in [3.8, 4) is 0 Å². The van der Waals surface area contributed by atoms with E-state index in [1.54, 1.807) is 4.90 Å². The molecule has 0 heterocycles. The second-order valence-electron chi connectivity index (χ2n) is 6.27. The summed E-state index contributed by atoms with van der Waals surface area (Å²) in [6, 6.07) is 6.68. The van der Waals surface area contributed by atoms with Crippen LogP contribution >= 0.6 is 11.6 Å². The molecule has 0 fully saturated rings. The van der Waals surface area contributed by atoms with Gasteiger partial charge in [0.2, 0.25) is 0 Å². The Morgan fingerprint density at radius 2 is 1.72 bits per heavy atom. The highest BCUT2D eigenvalue weighted by Gasteiger charge is 2.31. The lowest BCUT2D eigenvalue weighted by Gasteiger charge is -2.25. The number of carbonyl (C=O) groups is 1. The van der Waals surface area contributed by atoms with E-state index >= 15 is 0 Å². The van der Waals surface area contributed by atoms with Gasteiger partial charge in [-0.15, -0.1) is 0 Å². The lowest BCUT2D eigenvalue weighted by molar-refractivity contribution is -0.137. The monoisotopic (exact) mass is 448 g/mol. The molecule has 0 atom stereocenters. The standard InChI is InChI=1S/C19H20ClF3N2O3S/c1-4-25(5-2)17-9-6-12(19(21,22)23)10-16(17)24-18(26)14-11-13(29(3,27)28)7-8-15(14)20/h6-11H,4-5H2,1-3H3,(H,24,26). The van der Waals surface area contributed by atoms with Crippen molar-refractivity contribution in [3.63, 3.8) is 0 Å². The number of hydrogen-bond donors (Lipinski definition) is 1. The number of amides is 1. The van der Waals surface area contributed by atoms with Crippen LogP contribution in [0.4, 0.5) is 24.5 Å². The van der Waals surface area contributed by atoms with Gasteiger partial charge < -0.3 is 10.2 Å². The Hall–Kier alpha value is -2.26. The zero-order valence-corrected chi connectivity index (χ0v) is 17.5. The van der Waals surface area contributed by atoms with E-state index in [0.717, 1.165) is 24.5 Å². The molecule has 0 unspecified atom stereocenters. The molecule has 0 aliphatic carbocycles. The van der Waals surface area contributed by atoms with Crippen LogP contribution < -0.4 is 10.2 Å². The van der Waals surface area contributed by atoms with Gasteiger partial charge in [-0.3, -0.25) is 4.79 Å². The van der Waals surface area contributed by atoms with Gasteiger partial charge in [0.15, 0.2) is 9.84 Å². The molecule has 0 saturated carbocycles. The Balaban J connectivity index is 2.53. The summed E-state index contributed by atoms with van der Waals surface area (Å²) in [6.45, 7) is 4.68. The summed E-state index contributed by atoms with van der Waals surface area (Å²) in [6.07, 6.45) is -3.61. The topological polar surface area (TPSA) is 66.5 Å². The van der Waals surface area contributed by atoms with E-state index in [4.69, 9.17) is 11.6 Å². The number of anilines is 2. The van der Waals surface area contributed by atoms with Crippen LogP contribution in [0, 0.1) is 0 Å². The third-order valence-electron chi connectivity index (χ3n) is 4.29. The molecule has 0 aliphatic heterocycles. The van der Waals surface area contributed by atoms with Gasteiger partial charge in [-0.2, -0.15) is 13.2 Å². The van der Waals surface area contributed by atoms with Crippen molar-refractivity contribution in [3.05, 3.63) is 52.5 Å². The van der Waals surface area contributed by atoms with E-state index in [0.29, 0.717) is 18.8 Å². The van der Waals surface area contributed by atoms with Crippen molar-refractivity contribution in [2.24, 2.45) is 0 Å². The summed E-state index contributed by atoms with van der Waals surface area (Å²) >= 11 is 6.02. The zero-order chi connectivity index (χ0) is 22.0. The van der Waals surface area contributed by atoms with Gasteiger partial charge in [-0.05, 0) is 50.2 Å². The molecular weight excluding hydrogens is 429 g/mol. The summed E-state index contributed by atoms with van der Waals surface area (Å²) in [5.41, 5.74) is -0.710. The molecule has 0 saturated heterocycles. The van der Waals surface area contributed by atoms with Gasteiger partial charge in [-0.25, -0.2) is 8.42 Å². The molecule has 0 spiro atoms. The number of nitrogens with zero attached hydrogens (tertiary/aromatic N) is 1. The molecule has 5 nitrogen and oxygen atoms in total. The number of nitrogens with one attached hydrogen (secondary N) is 1. The van der Waals surface area contributed by atoms with Gasteiger partial charge in [-0.1, -0.05) is 11.6 Å². The Morgan fingerprint density at radius 1 is 1.10 bits per heavy atom. The van der Waals surface area contributed by atoms with E-state index in [1.165, 1.54) is 18.2 Å². The van der Waals surface area contributed by atoms with Gasteiger partial charge in [0.1, 0.15) is 0 Å². The van der Waals surface area contributed by atoms with Gasteiger partial charge >= 0.3 is 6.18 Å².